The van der Waals surface area contributed by atoms with E-state index in [1.807, 2.05) is 0 Å². The van der Waals surface area contributed by atoms with Gasteiger partial charge in [-0.15, -0.1) is 0 Å². The minimum atomic E-state index is -3.53. The number of benzene rings is 1. The summed E-state index contributed by atoms with van der Waals surface area (Å²) in [5.41, 5.74) is -0.148. The van der Waals surface area contributed by atoms with Gasteiger partial charge in [-0.3, -0.25) is 4.79 Å². The predicted octanol–water partition coefficient (Wildman–Crippen LogP) is 0.306. The monoisotopic (exact) mass is 262 g/mol. The van der Waals surface area contributed by atoms with Crippen molar-refractivity contribution in [3.63, 3.8) is 0 Å². The fraction of sp³-hybridized carbons (Fsp3) is 0.222. The number of sulfone groups is 2. The molecule has 0 aliphatic heterocycles. The van der Waals surface area contributed by atoms with Crippen LogP contribution in [-0.2, 0) is 19.7 Å². The molecule has 88 valence electrons. The molecule has 1 aromatic carbocycles. The fourth-order valence-electron chi connectivity index (χ4n) is 1.19. The summed E-state index contributed by atoms with van der Waals surface area (Å²) >= 11 is 0. The third-order valence-electron chi connectivity index (χ3n) is 1.94. The first-order valence-corrected chi connectivity index (χ1v) is 7.94. The lowest BCUT2D eigenvalue weighted by atomic mass is 10.2. The van der Waals surface area contributed by atoms with Gasteiger partial charge in [-0.2, -0.15) is 0 Å². The van der Waals surface area contributed by atoms with E-state index in [4.69, 9.17) is 0 Å². The second-order valence-corrected chi connectivity index (χ2v) is 7.36. The Hall–Kier alpha value is -1.21. The van der Waals surface area contributed by atoms with Crippen molar-refractivity contribution in [1.29, 1.82) is 0 Å². The summed E-state index contributed by atoms with van der Waals surface area (Å²) in [5.74, 6) is 0. The molecule has 0 spiro atoms. The van der Waals surface area contributed by atoms with Gasteiger partial charge in [0.15, 0.2) is 26.0 Å². The van der Waals surface area contributed by atoms with Crippen molar-refractivity contribution in [1.82, 2.24) is 0 Å². The maximum Gasteiger partial charge on any atom is 0.176 e. The number of aldehydes is 1. The lowest BCUT2D eigenvalue weighted by molar-refractivity contribution is 0.112. The molecule has 0 heterocycles. The van der Waals surface area contributed by atoms with Gasteiger partial charge in [-0.05, 0) is 18.2 Å². The molecule has 0 saturated carbocycles. The molecule has 1 rings (SSSR count). The van der Waals surface area contributed by atoms with E-state index in [2.05, 4.69) is 0 Å². The maximum absolute atomic E-state index is 11.3. The minimum Gasteiger partial charge on any atom is -0.298 e. The van der Waals surface area contributed by atoms with E-state index in [0.29, 0.717) is 6.29 Å². The van der Waals surface area contributed by atoms with Crippen molar-refractivity contribution >= 4 is 26.0 Å². The third kappa shape index (κ3) is 2.67. The Morgan fingerprint density at radius 1 is 1.00 bits per heavy atom. The van der Waals surface area contributed by atoms with Crippen molar-refractivity contribution in [3.05, 3.63) is 23.8 Å². The Kier molecular flexibility index (Phi) is 3.20. The summed E-state index contributed by atoms with van der Waals surface area (Å²) in [6, 6.07) is 3.34. The standard InChI is InChI=1S/C9H10O5S2/c1-15(11,12)8-3-4-9(16(2,13)14)7(5-8)6-10/h3-6H,1-2H3. The number of hydrogen-bond donors (Lipinski definition) is 0. The highest BCUT2D eigenvalue weighted by Crippen LogP contribution is 2.18. The van der Waals surface area contributed by atoms with Crippen LogP contribution in [0.2, 0.25) is 0 Å². The van der Waals surface area contributed by atoms with Crippen LogP contribution in [0, 0.1) is 0 Å². The highest BCUT2D eigenvalue weighted by Gasteiger charge is 2.16. The Balaban J connectivity index is 3.58. The first-order valence-electron chi connectivity index (χ1n) is 4.15. The number of carbonyl (C=O) groups excluding carboxylic acids is 1. The van der Waals surface area contributed by atoms with Crippen LogP contribution in [0.4, 0.5) is 0 Å². The highest BCUT2D eigenvalue weighted by molar-refractivity contribution is 7.91. The quantitative estimate of drug-likeness (QED) is 0.732. The SMILES string of the molecule is CS(=O)(=O)c1ccc(S(C)(=O)=O)c(C=O)c1. The number of carbonyl (C=O) groups is 1. The third-order valence-corrected chi connectivity index (χ3v) is 4.22. The molecule has 0 aliphatic rings. The van der Waals surface area contributed by atoms with Gasteiger partial charge in [-0.25, -0.2) is 16.8 Å². The van der Waals surface area contributed by atoms with E-state index in [-0.39, 0.29) is 15.4 Å². The van der Waals surface area contributed by atoms with Gasteiger partial charge < -0.3 is 0 Å². The molecule has 16 heavy (non-hydrogen) atoms. The molecule has 0 N–H and O–H groups in total. The van der Waals surface area contributed by atoms with Crippen LogP contribution in [0.3, 0.4) is 0 Å². The van der Waals surface area contributed by atoms with Crippen LogP contribution in [-0.4, -0.2) is 35.6 Å². The summed E-state index contributed by atoms with van der Waals surface area (Å²) in [6.07, 6.45) is 2.26. The zero-order valence-electron chi connectivity index (χ0n) is 8.67. The summed E-state index contributed by atoms with van der Waals surface area (Å²) < 4.78 is 44.9. The Bertz CT molecular complexity index is 626. The van der Waals surface area contributed by atoms with Gasteiger partial charge in [0, 0.05) is 18.1 Å². The smallest absolute Gasteiger partial charge is 0.176 e. The normalized spacial score (nSPS) is 12.4. The van der Waals surface area contributed by atoms with E-state index in [1.165, 1.54) is 6.07 Å². The molecule has 0 radical (unpaired) electrons. The first-order chi connectivity index (χ1) is 7.16. The van der Waals surface area contributed by atoms with Gasteiger partial charge in [0.2, 0.25) is 0 Å². The van der Waals surface area contributed by atoms with Gasteiger partial charge in [0.05, 0.1) is 9.79 Å². The van der Waals surface area contributed by atoms with Crippen LogP contribution in [0.15, 0.2) is 28.0 Å². The van der Waals surface area contributed by atoms with E-state index in [9.17, 15) is 21.6 Å². The molecule has 0 atom stereocenters. The van der Waals surface area contributed by atoms with Crippen molar-refractivity contribution < 1.29 is 21.6 Å². The van der Waals surface area contributed by atoms with E-state index in [0.717, 1.165) is 24.6 Å². The fourth-order valence-corrected chi connectivity index (χ4v) is 2.69. The molecule has 0 fully saturated rings. The number of rotatable bonds is 3. The van der Waals surface area contributed by atoms with Gasteiger partial charge in [0.1, 0.15) is 0 Å². The van der Waals surface area contributed by atoms with E-state index >= 15 is 0 Å². The van der Waals surface area contributed by atoms with E-state index < -0.39 is 19.7 Å². The van der Waals surface area contributed by atoms with E-state index in [1.54, 1.807) is 0 Å². The molecule has 1 aromatic rings. The van der Waals surface area contributed by atoms with Crippen LogP contribution in [0.25, 0.3) is 0 Å². The van der Waals surface area contributed by atoms with Crippen molar-refractivity contribution in [2.24, 2.45) is 0 Å². The lowest BCUT2D eigenvalue weighted by Crippen LogP contribution is -2.05. The molecule has 0 unspecified atom stereocenters. The van der Waals surface area contributed by atoms with Crippen LogP contribution in [0.5, 0.6) is 0 Å². The summed E-state index contributed by atoms with van der Waals surface area (Å²) in [4.78, 5) is 10.4. The zero-order chi connectivity index (χ0) is 12.6. The Labute approximate surface area is 93.9 Å². The molecule has 0 saturated heterocycles. The van der Waals surface area contributed by atoms with Gasteiger partial charge in [0.25, 0.3) is 0 Å². The Morgan fingerprint density at radius 2 is 1.56 bits per heavy atom. The molecular weight excluding hydrogens is 252 g/mol. The molecule has 0 bridgehead atoms. The van der Waals surface area contributed by atoms with Crippen molar-refractivity contribution in [3.8, 4) is 0 Å². The summed E-state index contributed by atoms with van der Waals surface area (Å²) in [7, 11) is -6.99. The van der Waals surface area contributed by atoms with Crippen molar-refractivity contribution in [2.75, 3.05) is 12.5 Å². The maximum atomic E-state index is 11.3. The molecule has 5 nitrogen and oxygen atoms in total. The summed E-state index contributed by atoms with van der Waals surface area (Å²) in [6.45, 7) is 0. The highest BCUT2D eigenvalue weighted by atomic mass is 32.2. The Morgan fingerprint density at radius 3 is 1.94 bits per heavy atom. The van der Waals surface area contributed by atoms with Crippen molar-refractivity contribution in [2.45, 2.75) is 9.79 Å². The predicted molar refractivity (Wildman–Crippen MR) is 58.0 cm³/mol. The molecule has 0 aromatic heterocycles. The largest absolute Gasteiger partial charge is 0.298 e. The van der Waals surface area contributed by atoms with Crippen LogP contribution >= 0.6 is 0 Å². The molecule has 0 amide bonds. The van der Waals surface area contributed by atoms with Crippen LogP contribution in [0.1, 0.15) is 10.4 Å². The van der Waals surface area contributed by atoms with Gasteiger partial charge >= 0.3 is 0 Å². The average molecular weight is 262 g/mol. The van der Waals surface area contributed by atoms with Gasteiger partial charge in [-0.1, -0.05) is 0 Å². The average Bonchev–Trinajstić information content (AvgIpc) is 2.14. The second kappa shape index (κ2) is 3.99. The zero-order valence-corrected chi connectivity index (χ0v) is 10.3. The topological polar surface area (TPSA) is 85.3 Å². The van der Waals surface area contributed by atoms with Crippen LogP contribution < -0.4 is 0 Å². The molecular formula is C9H10O5S2. The first kappa shape index (κ1) is 12.9. The number of hydrogen-bond acceptors (Lipinski definition) is 5. The molecule has 7 heteroatoms. The summed E-state index contributed by atoms with van der Waals surface area (Å²) in [5, 5.41) is 0. The minimum absolute atomic E-state index is 0.0815. The molecule has 0 aliphatic carbocycles. The second-order valence-electron chi connectivity index (χ2n) is 3.36. The lowest BCUT2D eigenvalue weighted by Gasteiger charge is -2.04.